The van der Waals surface area contributed by atoms with E-state index in [4.69, 9.17) is 16.3 Å². The Bertz CT molecular complexity index is 579. The average Bonchev–Trinajstić information content (AvgIpc) is 2.97. The van der Waals surface area contributed by atoms with Crippen LogP contribution in [0.4, 0.5) is 0 Å². The summed E-state index contributed by atoms with van der Waals surface area (Å²) in [4.78, 5) is 26.4. The molecule has 23 heavy (non-hydrogen) atoms. The number of ether oxygens (including phenoxy) is 1. The van der Waals surface area contributed by atoms with Gasteiger partial charge in [-0.2, -0.15) is 0 Å². The van der Waals surface area contributed by atoms with E-state index in [2.05, 4.69) is 0 Å². The molecule has 0 aliphatic carbocycles. The normalized spacial score (nSPS) is 20.8. The van der Waals surface area contributed by atoms with Crippen LogP contribution in [0.2, 0.25) is 5.02 Å². The Balaban J connectivity index is 2.24. The zero-order valence-corrected chi connectivity index (χ0v) is 15.2. The maximum atomic E-state index is 12.4. The molecule has 6 heteroatoms. The van der Waals surface area contributed by atoms with Crippen LogP contribution in [0.15, 0.2) is 24.3 Å². The van der Waals surface area contributed by atoms with Crippen molar-refractivity contribution in [3.63, 3.8) is 0 Å². The minimum Gasteiger partial charge on any atom is -0.464 e. The predicted octanol–water partition coefficient (Wildman–Crippen LogP) is 3.89. The van der Waals surface area contributed by atoms with Crippen molar-refractivity contribution in [1.29, 1.82) is 0 Å². The highest BCUT2D eigenvalue weighted by Crippen LogP contribution is 2.44. The maximum absolute atomic E-state index is 12.4. The van der Waals surface area contributed by atoms with Gasteiger partial charge in [-0.05, 0) is 12.0 Å². The van der Waals surface area contributed by atoms with E-state index in [1.807, 2.05) is 32.0 Å². The van der Waals surface area contributed by atoms with Gasteiger partial charge in [0.15, 0.2) is 0 Å². The Morgan fingerprint density at radius 1 is 1.39 bits per heavy atom. The number of carbonyl (C=O) groups is 2. The molecule has 1 amide bonds. The van der Waals surface area contributed by atoms with E-state index in [0.29, 0.717) is 23.8 Å². The lowest BCUT2D eigenvalue weighted by Gasteiger charge is -2.29. The van der Waals surface area contributed by atoms with Crippen molar-refractivity contribution in [3.05, 3.63) is 34.9 Å². The lowest BCUT2D eigenvalue weighted by Crippen LogP contribution is -2.43. The lowest BCUT2D eigenvalue weighted by atomic mass is 10.1. The summed E-state index contributed by atoms with van der Waals surface area (Å²) >= 11 is 7.83. The molecule has 126 valence electrons. The van der Waals surface area contributed by atoms with Crippen LogP contribution in [0.25, 0.3) is 0 Å². The molecule has 0 aromatic heterocycles. The molecule has 1 aliphatic rings. The Morgan fingerprint density at radius 3 is 2.70 bits per heavy atom. The highest BCUT2D eigenvalue weighted by atomic mass is 35.5. The van der Waals surface area contributed by atoms with Crippen LogP contribution in [-0.2, 0) is 14.3 Å². The van der Waals surface area contributed by atoms with Gasteiger partial charge >= 0.3 is 5.97 Å². The molecule has 0 radical (unpaired) electrons. The molecule has 1 aromatic carbocycles. The van der Waals surface area contributed by atoms with Crippen molar-refractivity contribution in [1.82, 2.24) is 4.90 Å². The Morgan fingerprint density at radius 2 is 2.09 bits per heavy atom. The van der Waals surface area contributed by atoms with E-state index in [-0.39, 0.29) is 23.2 Å². The summed E-state index contributed by atoms with van der Waals surface area (Å²) in [5, 5.41) is 0.364. The zero-order chi connectivity index (χ0) is 17.0. The number of benzene rings is 1. The summed E-state index contributed by atoms with van der Waals surface area (Å²) in [5.74, 6) is 0.398. The molecular formula is C17H22ClNO3S. The van der Waals surface area contributed by atoms with Gasteiger partial charge in [0.05, 0.1) is 6.61 Å². The van der Waals surface area contributed by atoms with Gasteiger partial charge in [-0.25, -0.2) is 4.79 Å². The second-order valence-electron chi connectivity index (χ2n) is 5.90. The standard InChI is InChI=1S/C17H22ClNO3S/c1-4-15(20)19-14(17(21)22-9-11(2)3)10-23-16(19)12-7-5-6-8-13(12)18/h5-8,11,14,16H,4,9-10H2,1-3H3/t14-,16-/m1/s1. The number of esters is 1. The van der Waals surface area contributed by atoms with Gasteiger partial charge in [0.25, 0.3) is 0 Å². The second kappa shape index (κ2) is 8.06. The van der Waals surface area contributed by atoms with Crippen molar-refractivity contribution in [2.45, 2.75) is 38.6 Å². The Hall–Kier alpha value is -1.20. The third-order valence-corrected chi connectivity index (χ3v) is 5.24. The average molecular weight is 356 g/mol. The molecule has 0 N–H and O–H groups in total. The molecule has 0 saturated carbocycles. The summed E-state index contributed by atoms with van der Waals surface area (Å²) in [5.41, 5.74) is 0.861. The van der Waals surface area contributed by atoms with Crippen LogP contribution in [0.3, 0.4) is 0 Å². The van der Waals surface area contributed by atoms with Crippen LogP contribution in [0.5, 0.6) is 0 Å². The quantitative estimate of drug-likeness (QED) is 0.752. The first-order valence-electron chi connectivity index (χ1n) is 7.79. The van der Waals surface area contributed by atoms with E-state index >= 15 is 0 Å². The van der Waals surface area contributed by atoms with Gasteiger partial charge in [0, 0.05) is 22.8 Å². The molecule has 0 bridgehead atoms. The fourth-order valence-electron chi connectivity index (χ4n) is 2.44. The minimum absolute atomic E-state index is 0.0635. The van der Waals surface area contributed by atoms with Crippen LogP contribution in [0.1, 0.15) is 38.1 Å². The monoisotopic (exact) mass is 355 g/mol. The molecular weight excluding hydrogens is 334 g/mol. The predicted molar refractivity (Wildman–Crippen MR) is 93.4 cm³/mol. The van der Waals surface area contributed by atoms with Crippen LogP contribution in [0, 0.1) is 5.92 Å². The van der Waals surface area contributed by atoms with E-state index in [1.165, 1.54) is 0 Å². The molecule has 1 aromatic rings. The first kappa shape index (κ1) is 18.1. The number of hydrogen-bond acceptors (Lipinski definition) is 4. The SMILES string of the molecule is CCC(=O)N1[C@@H](C(=O)OCC(C)C)CS[C@@H]1c1ccccc1Cl. The van der Waals surface area contributed by atoms with Crippen molar-refractivity contribution < 1.29 is 14.3 Å². The van der Waals surface area contributed by atoms with E-state index in [9.17, 15) is 9.59 Å². The van der Waals surface area contributed by atoms with Gasteiger partial charge in [0.2, 0.25) is 5.91 Å². The third kappa shape index (κ3) is 4.21. The number of rotatable bonds is 5. The molecule has 0 unspecified atom stereocenters. The van der Waals surface area contributed by atoms with Gasteiger partial charge < -0.3 is 9.64 Å². The summed E-state index contributed by atoms with van der Waals surface area (Å²) in [6.45, 7) is 6.13. The van der Waals surface area contributed by atoms with Gasteiger partial charge in [-0.3, -0.25) is 4.79 Å². The fourth-order valence-corrected chi connectivity index (χ4v) is 4.21. The second-order valence-corrected chi connectivity index (χ2v) is 7.42. The van der Waals surface area contributed by atoms with Gasteiger partial charge in [-0.1, -0.05) is 50.6 Å². The molecule has 1 fully saturated rings. The molecule has 4 nitrogen and oxygen atoms in total. The Kier molecular flexibility index (Phi) is 6.36. The topological polar surface area (TPSA) is 46.6 Å². The van der Waals surface area contributed by atoms with Crippen LogP contribution < -0.4 is 0 Å². The Labute approximate surface area is 146 Å². The van der Waals surface area contributed by atoms with Crippen molar-refractivity contribution in [3.8, 4) is 0 Å². The summed E-state index contributed by atoms with van der Waals surface area (Å²) in [7, 11) is 0. The minimum atomic E-state index is -0.549. The fraction of sp³-hybridized carbons (Fsp3) is 0.529. The molecule has 1 saturated heterocycles. The molecule has 1 heterocycles. The summed E-state index contributed by atoms with van der Waals surface area (Å²) < 4.78 is 5.35. The van der Waals surface area contributed by atoms with Crippen molar-refractivity contribution >= 4 is 35.2 Å². The molecule has 1 aliphatic heterocycles. The smallest absolute Gasteiger partial charge is 0.329 e. The van der Waals surface area contributed by atoms with Crippen molar-refractivity contribution in [2.75, 3.05) is 12.4 Å². The molecule has 2 rings (SSSR count). The lowest BCUT2D eigenvalue weighted by molar-refractivity contribution is -0.155. The highest BCUT2D eigenvalue weighted by molar-refractivity contribution is 7.99. The zero-order valence-electron chi connectivity index (χ0n) is 13.6. The van der Waals surface area contributed by atoms with E-state index in [1.54, 1.807) is 29.7 Å². The first-order chi connectivity index (χ1) is 11.0. The number of thioether (sulfide) groups is 1. The highest BCUT2D eigenvalue weighted by Gasteiger charge is 2.43. The number of hydrogen-bond donors (Lipinski definition) is 0. The van der Waals surface area contributed by atoms with E-state index < -0.39 is 6.04 Å². The van der Waals surface area contributed by atoms with Crippen LogP contribution >= 0.6 is 23.4 Å². The summed E-state index contributed by atoms with van der Waals surface area (Å²) in [6.07, 6.45) is 0.343. The van der Waals surface area contributed by atoms with Gasteiger partial charge in [0.1, 0.15) is 11.4 Å². The van der Waals surface area contributed by atoms with Gasteiger partial charge in [-0.15, -0.1) is 11.8 Å². The van der Waals surface area contributed by atoms with E-state index in [0.717, 1.165) is 5.56 Å². The summed E-state index contributed by atoms with van der Waals surface area (Å²) in [6, 6.07) is 6.90. The largest absolute Gasteiger partial charge is 0.464 e. The molecule has 0 spiro atoms. The molecule has 2 atom stereocenters. The number of carbonyl (C=O) groups excluding carboxylic acids is 2. The number of halogens is 1. The first-order valence-corrected chi connectivity index (χ1v) is 9.22. The number of amides is 1. The third-order valence-electron chi connectivity index (χ3n) is 3.59. The maximum Gasteiger partial charge on any atom is 0.329 e. The number of nitrogens with zero attached hydrogens (tertiary/aromatic N) is 1. The van der Waals surface area contributed by atoms with Crippen molar-refractivity contribution in [2.24, 2.45) is 5.92 Å². The van der Waals surface area contributed by atoms with Crippen LogP contribution in [-0.4, -0.2) is 35.2 Å².